The number of ketones is 1. The number of nitrogens with zero attached hydrogens (tertiary/aromatic N) is 2. The summed E-state index contributed by atoms with van der Waals surface area (Å²) < 4.78 is 7.03. The molecule has 7 heteroatoms. The maximum absolute atomic E-state index is 12.0. The Morgan fingerprint density at radius 3 is 2.65 bits per heavy atom. The van der Waals surface area contributed by atoms with E-state index < -0.39 is 0 Å². The summed E-state index contributed by atoms with van der Waals surface area (Å²) in [6.07, 6.45) is 4.83. The number of carbonyl (C=O) groups excluding carboxylic acids is 2. The third kappa shape index (κ3) is 4.70. The van der Waals surface area contributed by atoms with Crippen molar-refractivity contribution in [2.45, 2.75) is 13.5 Å². The summed E-state index contributed by atoms with van der Waals surface area (Å²) in [4.78, 5) is 23.2. The molecule has 2 aromatic heterocycles. The van der Waals surface area contributed by atoms with Gasteiger partial charge in [-0.3, -0.25) is 14.3 Å². The van der Waals surface area contributed by atoms with Crippen LogP contribution in [0.4, 0.5) is 5.82 Å². The monoisotopic (exact) mass is 369 g/mol. The molecule has 0 saturated heterocycles. The van der Waals surface area contributed by atoms with Crippen LogP contribution in [0.5, 0.6) is 0 Å². The summed E-state index contributed by atoms with van der Waals surface area (Å²) in [5, 5.41) is 7.58. The van der Waals surface area contributed by atoms with Gasteiger partial charge in [0.05, 0.1) is 6.54 Å². The van der Waals surface area contributed by atoms with E-state index in [4.69, 9.17) is 16.0 Å². The second-order valence-electron chi connectivity index (χ2n) is 5.59. The maximum atomic E-state index is 12.0. The number of hydrogen-bond acceptors (Lipinski definition) is 4. The van der Waals surface area contributed by atoms with Crippen LogP contribution in [-0.4, -0.2) is 21.5 Å². The summed E-state index contributed by atoms with van der Waals surface area (Å²) >= 11 is 5.82. The molecule has 1 N–H and O–H groups in total. The Bertz CT molecular complexity index is 955. The lowest BCUT2D eigenvalue weighted by molar-refractivity contribution is -0.111. The SMILES string of the molecule is CC(=O)c1ccc(Cn2ccc(NC(=O)/C=C/c3ccc(Cl)cc3)n2)o1. The van der Waals surface area contributed by atoms with E-state index in [9.17, 15) is 9.59 Å². The first-order chi connectivity index (χ1) is 12.5. The van der Waals surface area contributed by atoms with Gasteiger partial charge in [0.15, 0.2) is 17.4 Å². The van der Waals surface area contributed by atoms with Crippen molar-refractivity contribution in [1.82, 2.24) is 9.78 Å². The number of halogens is 1. The second-order valence-corrected chi connectivity index (χ2v) is 6.03. The van der Waals surface area contributed by atoms with Crippen molar-refractivity contribution < 1.29 is 14.0 Å². The highest BCUT2D eigenvalue weighted by molar-refractivity contribution is 6.30. The van der Waals surface area contributed by atoms with Crippen molar-refractivity contribution in [3.05, 3.63) is 76.8 Å². The third-order valence-corrected chi connectivity index (χ3v) is 3.77. The number of rotatable bonds is 6. The van der Waals surface area contributed by atoms with Crippen LogP contribution in [-0.2, 0) is 11.3 Å². The molecule has 2 heterocycles. The zero-order valence-electron chi connectivity index (χ0n) is 14.0. The molecule has 0 saturated carbocycles. The number of anilines is 1. The van der Waals surface area contributed by atoms with Crippen LogP contribution >= 0.6 is 11.6 Å². The molecule has 0 aliphatic rings. The molecule has 0 unspecified atom stereocenters. The smallest absolute Gasteiger partial charge is 0.249 e. The van der Waals surface area contributed by atoms with Crippen LogP contribution < -0.4 is 5.32 Å². The fraction of sp³-hybridized carbons (Fsp3) is 0.105. The molecule has 0 aliphatic heterocycles. The van der Waals surface area contributed by atoms with Gasteiger partial charge in [-0.15, -0.1) is 0 Å². The van der Waals surface area contributed by atoms with E-state index in [0.717, 1.165) is 5.56 Å². The standard InChI is InChI=1S/C19H16ClN3O3/c1-13(24)17-8-7-16(26-17)12-23-11-10-18(22-23)21-19(25)9-4-14-2-5-15(20)6-3-14/h2-11H,12H2,1H3,(H,21,22,25)/b9-4+. The van der Waals surface area contributed by atoms with Crippen molar-refractivity contribution in [1.29, 1.82) is 0 Å². The highest BCUT2D eigenvalue weighted by Gasteiger charge is 2.08. The van der Waals surface area contributed by atoms with Crippen molar-refractivity contribution >= 4 is 35.2 Å². The minimum Gasteiger partial charge on any atom is -0.456 e. The van der Waals surface area contributed by atoms with Crippen LogP contribution in [0.1, 0.15) is 28.8 Å². The molecule has 1 aromatic carbocycles. The zero-order valence-corrected chi connectivity index (χ0v) is 14.7. The molecule has 1 amide bonds. The Kier molecular flexibility index (Phi) is 5.34. The molecular formula is C19H16ClN3O3. The predicted octanol–water partition coefficient (Wildman–Crippen LogP) is 4.03. The molecule has 0 bridgehead atoms. The normalized spacial score (nSPS) is 11.0. The molecule has 0 radical (unpaired) electrons. The molecule has 0 aliphatic carbocycles. The van der Waals surface area contributed by atoms with Gasteiger partial charge in [-0.05, 0) is 35.9 Å². The number of furan rings is 1. The van der Waals surface area contributed by atoms with E-state index in [1.807, 2.05) is 12.1 Å². The Balaban J connectivity index is 1.57. The van der Waals surface area contributed by atoms with Gasteiger partial charge < -0.3 is 9.73 Å². The van der Waals surface area contributed by atoms with Crippen LogP contribution in [0.25, 0.3) is 6.08 Å². The Morgan fingerprint density at radius 1 is 1.19 bits per heavy atom. The van der Waals surface area contributed by atoms with Gasteiger partial charge in [-0.25, -0.2) is 0 Å². The van der Waals surface area contributed by atoms with Gasteiger partial charge in [0.25, 0.3) is 0 Å². The molecule has 0 fully saturated rings. The van der Waals surface area contributed by atoms with Crippen LogP contribution in [0.3, 0.4) is 0 Å². The molecule has 0 spiro atoms. The Morgan fingerprint density at radius 2 is 1.96 bits per heavy atom. The average molecular weight is 370 g/mol. The lowest BCUT2D eigenvalue weighted by Crippen LogP contribution is -2.09. The average Bonchev–Trinajstić information content (AvgIpc) is 3.24. The van der Waals surface area contributed by atoms with E-state index in [-0.39, 0.29) is 11.7 Å². The molecular weight excluding hydrogens is 354 g/mol. The van der Waals surface area contributed by atoms with E-state index in [1.54, 1.807) is 47.3 Å². The second kappa shape index (κ2) is 7.84. The molecule has 26 heavy (non-hydrogen) atoms. The number of Topliss-reactive ketones (excluding diaryl/α,β-unsaturated/α-hetero) is 1. The summed E-state index contributed by atoms with van der Waals surface area (Å²) in [5.41, 5.74) is 0.870. The largest absolute Gasteiger partial charge is 0.456 e. The highest BCUT2D eigenvalue weighted by Crippen LogP contribution is 2.12. The minimum atomic E-state index is -0.290. The molecule has 3 aromatic rings. The predicted molar refractivity (Wildman–Crippen MR) is 99.2 cm³/mol. The van der Waals surface area contributed by atoms with Gasteiger partial charge in [0, 0.05) is 30.3 Å². The summed E-state index contributed by atoms with van der Waals surface area (Å²) in [7, 11) is 0. The summed E-state index contributed by atoms with van der Waals surface area (Å²) in [5.74, 6) is 0.931. The molecule has 3 rings (SSSR count). The fourth-order valence-corrected chi connectivity index (χ4v) is 2.37. The first-order valence-corrected chi connectivity index (χ1v) is 8.25. The molecule has 0 atom stereocenters. The fourth-order valence-electron chi connectivity index (χ4n) is 2.24. The molecule has 132 valence electrons. The van der Waals surface area contributed by atoms with Crippen LogP contribution in [0, 0.1) is 0 Å². The van der Waals surface area contributed by atoms with Gasteiger partial charge in [0.2, 0.25) is 5.91 Å². The van der Waals surface area contributed by atoms with Gasteiger partial charge in [-0.1, -0.05) is 23.7 Å². The molecule has 6 nitrogen and oxygen atoms in total. The topological polar surface area (TPSA) is 77.1 Å². The first kappa shape index (κ1) is 17.7. The summed E-state index contributed by atoms with van der Waals surface area (Å²) in [6.45, 7) is 1.81. The van der Waals surface area contributed by atoms with Crippen molar-refractivity contribution in [2.75, 3.05) is 5.32 Å². The quantitative estimate of drug-likeness (QED) is 0.525. The number of carbonyl (C=O) groups is 2. The van der Waals surface area contributed by atoms with Crippen molar-refractivity contribution in [3.63, 3.8) is 0 Å². The van der Waals surface area contributed by atoms with Crippen molar-refractivity contribution in [3.8, 4) is 0 Å². The number of nitrogens with one attached hydrogen (secondary N) is 1. The number of hydrogen-bond donors (Lipinski definition) is 1. The lowest BCUT2D eigenvalue weighted by atomic mass is 10.2. The Labute approximate surface area is 155 Å². The highest BCUT2D eigenvalue weighted by atomic mass is 35.5. The van der Waals surface area contributed by atoms with Gasteiger partial charge in [-0.2, -0.15) is 5.10 Å². The number of aromatic nitrogens is 2. The van der Waals surface area contributed by atoms with Gasteiger partial charge in [0.1, 0.15) is 5.76 Å². The van der Waals surface area contributed by atoms with E-state index >= 15 is 0 Å². The van der Waals surface area contributed by atoms with Crippen molar-refractivity contribution in [2.24, 2.45) is 0 Å². The zero-order chi connectivity index (χ0) is 18.5. The lowest BCUT2D eigenvalue weighted by Gasteiger charge is -1.99. The van der Waals surface area contributed by atoms with Gasteiger partial charge >= 0.3 is 0 Å². The Hall–Kier alpha value is -3.12. The number of amides is 1. The third-order valence-electron chi connectivity index (χ3n) is 3.52. The van der Waals surface area contributed by atoms with Crippen LogP contribution in [0.2, 0.25) is 5.02 Å². The minimum absolute atomic E-state index is 0.128. The van der Waals surface area contributed by atoms with E-state index in [0.29, 0.717) is 28.9 Å². The first-order valence-electron chi connectivity index (χ1n) is 7.87. The van der Waals surface area contributed by atoms with Crippen LogP contribution in [0.15, 0.2) is 59.2 Å². The number of benzene rings is 1. The summed E-state index contributed by atoms with van der Waals surface area (Å²) in [6, 6.07) is 12.2. The maximum Gasteiger partial charge on any atom is 0.249 e. The van der Waals surface area contributed by atoms with E-state index in [1.165, 1.54) is 13.0 Å². The van der Waals surface area contributed by atoms with E-state index in [2.05, 4.69) is 10.4 Å².